The molecule has 0 saturated heterocycles. The Labute approximate surface area is 165 Å². The molecule has 0 bridgehead atoms. The van der Waals surface area contributed by atoms with Gasteiger partial charge < -0.3 is 5.32 Å². The van der Waals surface area contributed by atoms with Crippen LogP contribution < -0.4 is 5.32 Å². The Morgan fingerprint density at radius 1 is 1.19 bits per heavy atom. The molecule has 0 atom stereocenters. The van der Waals surface area contributed by atoms with E-state index < -0.39 is 0 Å². The minimum absolute atomic E-state index is 0.140. The van der Waals surface area contributed by atoms with Crippen LogP contribution in [-0.4, -0.2) is 25.5 Å². The van der Waals surface area contributed by atoms with Gasteiger partial charge in [-0.3, -0.25) is 14.2 Å². The second-order valence-electron chi connectivity index (χ2n) is 6.10. The van der Waals surface area contributed by atoms with Crippen LogP contribution in [0.4, 0.5) is 5.69 Å². The topological polar surface area (TPSA) is 64.7 Å². The molecule has 0 fully saturated rings. The van der Waals surface area contributed by atoms with Crippen molar-refractivity contribution in [3.05, 3.63) is 62.6 Å². The Morgan fingerprint density at radius 2 is 1.92 bits per heavy atom. The van der Waals surface area contributed by atoms with E-state index in [0.717, 1.165) is 32.8 Å². The molecule has 6 nitrogen and oxygen atoms in total. The Morgan fingerprint density at radius 3 is 2.58 bits per heavy atom. The molecular weight excluding hydrogens is 418 g/mol. The largest absolute Gasteiger partial charge is 0.321 e. The molecule has 0 saturated carbocycles. The number of aromatic nitrogens is 4. The number of nitrogens with one attached hydrogen (secondary N) is 1. The maximum Gasteiger partial charge on any atom is 0.246 e. The van der Waals surface area contributed by atoms with Gasteiger partial charge in [0, 0.05) is 11.2 Å². The molecule has 1 amide bonds. The molecule has 0 aliphatic carbocycles. The van der Waals surface area contributed by atoms with E-state index in [0.29, 0.717) is 11.6 Å². The highest BCUT2D eigenvalue weighted by Crippen LogP contribution is 2.23. The standard InChI is InChI=1S/C18H19BrClN5O/c1-11-15(19)9-24(22-11)10-17(26)21-18-12(2)23-25(13(18)3)8-14-6-4-5-7-16(14)20/h4-7,9H,8,10H2,1-3H3,(H,21,26). The van der Waals surface area contributed by atoms with Crippen LogP contribution in [0.25, 0.3) is 0 Å². The van der Waals surface area contributed by atoms with E-state index in [-0.39, 0.29) is 12.5 Å². The highest BCUT2D eigenvalue weighted by Gasteiger charge is 2.16. The molecule has 0 aliphatic rings. The molecule has 0 unspecified atom stereocenters. The normalized spacial score (nSPS) is 11.0. The molecule has 1 N–H and O–H groups in total. The first-order valence-corrected chi connectivity index (χ1v) is 9.29. The van der Waals surface area contributed by atoms with E-state index in [2.05, 4.69) is 31.4 Å². The molecule has 2 aromatic heterocycles. The monoisotopic (exact) mass is 435 g/mol. The number of amides is 1. The van der Waals surface area contributed by atoms with Gasteiger partial charge in [0.05, 0.1) is 33.8 Å². The lowest BCUT2D eigenvalue weighted by atomic mass is 10.2. The summed E-state index contributed by atoms with van der Waals surface area (Å²) in [6.07, 6.45) is 1.79. The highest BCUT2D eigenvalue weighted by atomic mass is 79.9. The second-order valence-corrected chi connectivity index (χ2v) is 7.36. The van der Waals surface area contributed by atoms with Crippen LogP contribution in [0.15, 0.2) is 34.9 Å². The minimum Gasteiger partial charge on any atom is -0.321 e. The summed E-state index contributed by atoms with van der Waals surface area (Å²) in [5.74, 6) is -0.150. The quantitative estimate of drug-likeness (QED) is 0.654. The number of carbonyl (C=O) groups is 1. The van der Waals surface area contributed by atoms with E-state index >= 15 is 0 Å². The number of benzene rings is 1. The summed E-state index contributed by atoms with van der Waals surface area (Å²) in [6.45, 7) is 6.38. The molecule has 3 rings (SSSR count). The summed E-state index contributed by atoms with van der Waals surface area (Å²) in [7, 11) is 0. The van der Waals surface area contributed by atoms with E-state index in [9.17, 15) is 4.79 Å². The first-order chi connectivity index (χ1) is 12.3. The fourth-order valence-corrected chi connectivity index (χ4v) is 3.23. The van der Waals surface area contributed by atoms with Crippen molar-refractivity contribution < 1.29 is 4.79 Å². The summed E-state index contributed by atoms with van der Waals surface area (Å²) in [6, 6.07) is 7.66. The number of hydrogen-bond acceptors (Lipinski definition) is 3. The van der Waals surface area contributed by atoms with Gasteiger partial charge in [0.25, 0.3) is 0 Å². The van der Waals surface area contributed by atoms with Gasteiger partial charge in [-0.25, -0.2) is 0 Å². The van der Waals surface area contributed by atoms with E-state index in [4.69, 9.17) is 11.6 Å². The van der Waals surface area contributed by atoms with Crippen molar-refractivity contribution in [2.75, 3.05) is 5.32 Å². The predicted octanol–water partition coefficient (Wildman–Crippen LogP) is 4.11. The van der Waals surface area contributed by atoms with E-state index in [1.54, 1.807) is 10.9 Å². The van der Waals surface area contributed by atoms with Crippen LogP contribution in [0.3, 0.4) is 0 Å². The van der Waals surface area contributed by atoms with Crippen LogP contribution >= 0.6 is 27.5 Å². The zero-order valence-corrected chi connectivity index (χ0v) is 17.1. The molecule has 136 valence electrons. The van der Waals surface area contributed by atoms with Gasteiger partial charge in [0.2, 0.25) is 5.91 Å². The fourth-order valence-electron chi connectivity index (χ4n) is 2.72. The van der Waals surface area contributed by atoms with Gasteiger partial charge in [-0.15, -0.1) is 0 Å². The maximum atomic E-state index is 12.4. The number of aryl methyl sites for hydroxylation is 2. The molecule has 2 heterocycles. The van der Waals surface area contributed by atoms with Crippen molar-refractivity contribution >= 4 is 39.1 Å². The number of halogens is 2. The van der Waals surface area contributed by atoms with Crippen LogP contribution in [0, 0.1) is 20.8 Å². The summed E-state index contributed by atoms with van der Waals surface area (Å²) in [5.41, 5.74) is 4.20. The van der Waals surface area contributed by atoms with E-state index in [1.165, 1.54) is 0 Å². The van der Waals surface area contributed by atoms with Crippen LogP contribution in [0.1, 0.15) is 22.6 Å². The van der Waals surface area contributed by atoms with Crippen molar-refractivity contribution in [1.82, 2.24) is 19.6 Å². The Balaban J connectivity index is 1.75. The van der Waals surface area contributed by atoms with Crippen LogP contribution in [0.2, 0.25) is 5.02 Å². The molecule has 26 heavy (non-hydrogen) atoms. The fraction of sp³-hybridized carbons (Fsp3) is 0.278. The van der Waals surface area contributed by atoms with Crippen molar-refractivity contribution in [3.8, 4) is 0 Å². The highest BCUT2D eigenvalue weighted by molar-refractivity contribution is 9.10. The van der Waals surface area contributed by atoms with Crippen LogP contribution in [-0.2, 0) is 17.9 Å². The van der Waals surface area contributed by atoms with Gasteiger partial charge in [-0.05, 0) is 48.3 Å². The van der Waals surface area contributed by atoms with Crippen molar-refractivity contribution in [2.24, 2.45) is 0 Å². The first-order valence-electron chi connectivity index (χ1n) is 8.12. The summed E-state index contributed by atoms with van der Waals surface area (Å²) < 4.78 is 4.33. The molecule has 0 aliphatic heterocycles. The lowest BCUT2D eigenvalue weighted by Gasteiger charge is -2.08. The summed E-state index contributed by atoms with van der Waals surface area (Å²) in [5, 5.41) is 12.5. The third-order valence-corrected chi connectivity index (χ3v) is 5.26. The molecule has 8 heteroatoms. The average Bonchev–Trinajstić information content (AvgIpc) is 3.03. The van der Waals surface area contributed by atoms with Gasteiger partial charge in [0.15, 0.2) is 0 Å². The summed E-state index contributed by atoms with van der Waals surface area (Å²) in [4.78, 5) is 12.4. The van der Waals surface area contributed by atoms with Gasteiger partial charge >= 0.3 is 0 Å². The molecular formula is C18H19BrClN5O. The van der Waals surface area contributed by atoms with Crippen molar-refractivity contribution in [3.63, 3.8) is 0 Å². The predicted molar refractivity (Wildman–Crippen MR) is 106 cm³/mol. The smallest absolute Gasteiger partial charge is 0.246 e. The number of nitrogens with zero attached hydrogens (tertiary/aromatic N) is 4. The first kappa shape index (κ1) is 18.7. The van der Waals surface area contributed by atoms with Gasteiger partial charge in [0.1, 0.15) is 6.54 Å². The number of hydrogen-bond donors (Lipinski definition) is 1. The molecule has 3 aromatic rings. The molecule has 0 radical (unpaired) electrons. The number of carbonyl (C=O) groups excluding carboxylic acids is 1. The Bertz CT molecular complexity index is 943. The Kier molecular flexibility index (Phi) is 5.48. The Hall–Kier alpha value is -2.12. The maximum absolute atomic E-state index is 12.4. The van der Waals surface area contributed by atoms with Gasteiger partial charge in [-0.2, -0.15) is 10.2 Å². The zero-order valence-electron chi connectivity index (χ0n) is 14.8. The third-order valence-electron chi connectivity index (χ3n) is 4.12. The third kappa shape index (κ3) is 3.99. The molecule has 0 spiro atoms. The number of anilines is 1. The van der Waals surface area contributed by atoms with Crippen molar-refractivity contribution in [2.45, 2.75) is 33.9 Å². The van der Waals surface area contributed by atoms with E-state index in [1.807, 2.05) is 49.7 Å². The SMILES string of the molecule is Cc1nn(CC(=O)Nc2c(C)nn(Cc3ccccc3Cl)c2C)cc1Br. The minimum atomic E-state index is -0.150. The van der Waals surface area contributed by atoms with Crippen molar-refractivity contribution in [1.29, 1.82) is 0 Å². The number of rotatable bonds is 5. The van der Waals surface area contributed by atoms with Gasteiger partial charge in [-0.1, -0.05) is 29.8 Å². The zero-order chi connectivity index (χ0) is 18.8. The lowest BCUT2D eigenvalue weighted by Crippen LogP contribution is -2.20. The lowest BCUT2D eigenvalue weighted by molar-refractivity contribution is -0.116. The average molecular weight is 437 g/mol. The summed E-state index contributed by atoms with van der Waals surface area (Å²) >= 11 is 9.64. The van der Waals surface area contributed by atoms with Crippen LogP contribution in [0.5, 0.6) is 0 Å². The second kappa shape index (κ2) is 7.63. The molecule has 1 aromatic carbocycles.